The van der Waals surface area contributed by atoms with E-state index in [-0.39, 0.29) is 23.9 Å². The molecule has 0 bridgehead atoms. The Morgan fingerprint density at radius 3 is 2.27 bits per heavy atom. The zero-order valence-corrected chi connectivity index (χ0v) is 10.6. The van der Waals surface area contributed by atoms with E-state index in [4.69, 9.17) is 5.73 Å². The highest BCUT2D eigenvalue weighted by molar-refractivity contribution is 5.85. The number of hydrogen-bond acceptors (Lipinski definition) is 2. The standard InChI is InChI=1S/C12H19NO.ClH/c1-8-6-5-7-9(10(8)14)11(13)12(2,3)4;/h5-7,11,14H,13H2,1-4H3;1H/t11-;/m0./s1. The van der Waals surface area contributed by atoms with Crippen molar-refractivity contribution in [1.29, 1.82) is 0 Å². The molecular weight excluding hydrogens is 210 g/mol. The van der Waals surface area contributed by atoms with Crippen molar-refractivity contribution in [2.45, 2.75) is 33.7 Å². The number of halogens is 1. The van der Waals surface area contributed by atoms with Crippen LogP contribution in [0.3, 0.4) is 0 Å². The van der Waals surface area contributed by atoms with Crippen LogP contribution in [0.2, 0.25) is 0 Å². The normalized spacial score (nSPS) is 13.1. The van der Waals surface area contributed by atoms with E-state index >= 15 is 0 Å². The summed E-state index contributed by atoms with van der Waals surface area (Å²) in [7, 11) is 0. The highest BCUT2D eigenvalue weighted by atomic mass is 35.5. The van der Waals surface area contributed by atoms with E-state index in [9.17, 15) is 5.11 Å². The SMILES string of the molecule is Cc1cccc([C@H](N)C(C)(C)C)c1O.Cl. The quantitative estimate of drug-likeness (QED) is 0.777. The van der Waals surface area contributed by atoms with Crippen molar-refractivity contribution in [2.75, 3.05) is 0 Å². The highest BCUT2D eigenvalue weighted by Crippen LogP contribution is 2.36. The minimum atomic E-state index is -0.137. The summed E-state index contributed by atoms with van der Waals surface area (Å²) in [6.07, 6.45) is 0. The largest absolute Gasteiger partial charge is 0.507 e. The Morgan fingerprint density at radius 1 is 1.27 bits per heavy atom. The molecule has 0 aliphatic carbocycles. The smallest absolute Gasteiger partial charge is 0.123 e. The van der Waals surface area contributed by atoms with Crippen LogP contribution in [0.4, 0.5) is 0 Å². The van der Waals surface area contributed by atoms with Crippen molar-refractivity contribution in [1.82, 2.24) is 0 Å². The van der Waals surface area contributed by atoms with Gasteiger partial charge in [-0.15, -0.1) is 12.4 Å². The van der Waals surface area contributed by atoms with E-state index < -0.39 is 0 Å². The molecule has 86 valence electrons. The van der Waals surface area contributed by atoms with Crippen LogP contribution in [-0.4, -0.2) is 5.11 Å². The first-order valence-electron chi connectivity index (χ1n) is 4.88. The number of nitrogens with two attached hydrogens (primary N) is 1. The average Bonchev–Trinajstić information content (AvgIpc) is 2.07. The summed E-state index contributed by atoms with van der Waals surface area (Å²) < 4.78 is 0. The summed E-state index contributed by atoms with van der Waals surface area (Å²) in [5, 5.41) is 9.85. The highest BCUT2D eigenvalue weighted by Gasteiger charge is 2.24. The van der Waals surface area contributed by atoms with Crippen molar-refractivity contribution in [2.24, 2.45) is 11.1 Å². The fourth-order valence-electron chi connectivity index (χ4n) is 1.40. The molecule has 0 spiro atoms. The number of aromatic hydroxyl groups is 1. The van der Waals surface area contributed by atoms with Gasteiger partial charge in [-0.3, -0.25) is 0 Å². The number of para-hydroxylation sites is 1. The third-order valence-electron chi connectivity index (χ3n) is 2.54. The zero-order valence-electron chi connectivity index (χ0n) is 9.74. The van der Waals surface area contributed by atoms with Crippen molar-refractivity contribution in [3.8, 4) is 5.75 Å². The molecule has 0 amide bonds. The molecule has 0 saturated heterocycles. The molecule has 0 aromatic heterocycles. The second-order valence-corrected chi connectivity index (χ2v) is 4.86. The van der Waals surface area contributed by atoms with Gasteiger partial charge in [0, 0.05) is 11.6 Å². The van der Waals surface area contributed by atoms with Gasteiger partial charge in [-0.05, 0) is 17.9 Å². The van der Waals surface area contributed by atoms with E-state index in [1.165, 1.54) is 0 Å². The molecule has 1 aromatic carbocycles. The summed E-state index contributed by atoms with van der Waals surface area (Å²) >= 11 is 0. The van der Waals surface area contributed by atoms with Gasteiger partial charge in [0.1, 0.15) is 5.75 Å². The maximum Gasteiger partial charge on any atom is 0.123 e. The molecule has 0 saturated carbocycles. The van der Waals surface area contributed by atoms with Crippen LogP contribution in [-0.2, 0) is 0 Å². The van der Waals surface area contributed by atoms with E-state index in [0.29, 0.717) is 5.75 Å². The minimum Gasteiger partial charge on any atom is -0.507 e. The lowest BCUT2D eigenvalue weighted by molar-refractivity contribution is 0.317. The van der Waals surface area contributed by atoms with E-state index in [2.05, 4.69) is 20.8 Å². The number of aryl methyl sites for hydroxylation is 1. The Balaban J connectivity index is 0.00000196. The Hall–Kier alpha value is -0.730. The Labute approximate surface area is 97.9 Å². The van der Waals surface area contributed by atoms with Crippen LogP contribution < -0.4 is 5.73 Å². The van der Waals surface area contributed by atoms with Crippen LogP contribution in [0.1, 0.15) is 37.9 Å². The molecule has 1 aromatic rings. The van der Waals surface area contributed by atoms with Gasteiger partial charge in [-0.25, -0.2) is 0 Å². The Kier molecular flexibility index (Phi) is 4.63. The van der Waals surface area contributed by atoms with Crippen LogP contribution in [0.5, 0.6) is 5.75 Å². The lowest BCUT2D eigenvalue weighted by atomic mass is 9.82. The molecule has 0 unspecified atom stereocenters. The predicted molar refractivity (Wildman–Crippen MR) is 66.5 cm³/mol. The number of phenols is 1. The van der Waals surface area contributed by atoms with E-state index in [1.54, 1.807) is 0 Å². The summed E-state index contributed by atoms with van der Waals surface area (Å²) in [5.41, 5.74) is 7.75. The molecule has 15 heavy (non-hydrogen) atoms. The van der Waals surface area contributed by atoms with Crippen molar-refractivity contribution in [3.05, 3.63) is 29.3 Å². The van der Waals surface area contributed by atoms with Crippen LogP contribution in [0.25, 0.3) is 0 Å². The van der Waals surface area contributed by atoms with Gasteiger partial charge in [0.2, 0.25) is 0 Å². The molecular formula is C12H20ClNO. The molecule has 0 fully saturated rings. The second-order valence-electron chi connectivity index (χ2n) is 4.86. The topological polar surface area (TPSA) is 46.2 Å². The summed E-state index contributed by atoms with van der Waals surface area (Å²) in [6.45, 7) is 8.09. The van der Waals surface area contributed by atoms with Crippen molar-refractivity contribution >= 4 is 12.4 Å². The van der Waals surface area contributed by atoms with E-state index in [1.807, 2.05) is 25.1 Å². The number of phenolic OH excluding ortho intramolecular Hbond substituents is 1. The minimum absolute atomic E-state index is 0. The fourth-order valence-corrected chi connectivity index (χ4v) is 1.40. The molecule has 0 heterocycles. The summed E-state index contributed by atoms with van der Waals surface area (Å²) in [6, 6.07) is 5.56. The summed E-state index contributed by atoms with van der Waals surface area (Å²) in [5.74, 6) is 0.329. The molecule has 0 aliphatic heterocycles. The number of rotatable bonds is 1. The van der Waals surface area contributed by atoms with Crippen LogP contribution in [0.15, 0.2) is 18.2 Å². The van der Waals surface area contributed by atoms with E-state index in [0.717, 1.165) is 11.1 Å². The first kappa shape index (κ1) is 14.3. The molecule has 3 N–H and O–H groups in total. The van der Waals surface area contributed by atoms with Crippen molar-refractivity contribution in [3.63, 3.8) is 0 Å². The van der Waals surface area contributed by atoms with Crippen LogP contribution >= 0.6 is 12.4 Å². The lowest BCUT2D eigenvalue weighted by Crippen LogP contribution is -2.26. The Bertz CT molecular complexity index is 331. The van der Waals surface area contributed by atoms with Crippen LogP contribution in [0, 0.1) is 12.3 Å². The maximum atomic E-state index is 9.85. The third kappa shape index (κ3) is 3.11. The lowest BCUT2D eigenvalue weighted by Gasteiger charge is -2.28. The van der Waals surface area contributed by atoms with Gasteiger partial charge >= 0.3 is 0 Å². The summed E-state index contributed by atoms with van der Waals surface area (Å²) in [4.78, 5) is 0. The van der Waals surface area contributed by atoms with Crippen molar-refractivity contribution < 1.29 is 5.11 Å². The molecule has 1 atom stereocenters. The van der Waals surface area contributed by atoms with Gasteiger partial charge in [0.05, 0.1) is 0 Å². The monoisotopic (exact) mass is 229 g/mol. The first-order chi connectivity index (χ1) is 6.34. The molecule has 0 radical (unpaired) electrons. The first-order valence-corrected chi connectivity index (χ1v) is 4.88. The van der Waals surface area contributed by atoms with Gasteiger partial charge in [-0.2, -0.15) is 0 Å². The molecule has 2 nitrogen and oxygen atoms in total. The molecule has 1 rings (SSSR count). The van der Waals surface area contributed by atoms with Gasteiger partial charge in [0.25, 0.3) is 0 Å². The van der Waals surface area contributed by atoms with Gasteiger partial charge in [-0.1, -0.05) is 39.0 Å². The average molecular weight is 230 g/mol. The second kappa shape index (κ2) is 4.86. The molecule has 0 aliphatic rings. The zero-order chi connectivity index (χ0) is 10.9. The number of hydrogen-bond donors (Lipinski definition) is 2. The Morgan fingerprint density at radius 2 is 1.80 bits per heavy atom. The number of benzene rings is 1. The maximum absolute atomic E-state index is 9.85. The predicted octanol–water partition coefficient (Wildman–Crippen LogP) is 3.17. The van der Waals surface area contributed by atoms with Gasteiger partial charge in [0.15, 0.2) is 0 Å². The molecule has 3 heteroatoms. The third-order valence-corrected chi connectivity index (χ3v) is 2.54. The fraction of sp³-hybridized carbons (Fsp3) is 0.500. The van der Waals surface area contributed by atoms with Gasteiger partial charge < -0.3 is 10.8 Å².